The average molecular weight is 365 g/mol. The van der Waals surface area contributed by atoms with E-state index in [1.165, 1.54) is 12.4 Å². The fraction of sp³-hybridized carbons (Fsp3) is 0.125. The molecule has 0 aliphatic rings. The summed E-state index contributed by atoms with van der Waals surface area (Å²) in [6, 6.07) is 8.19. The molecule has 0 radical (unpaired) electrons. The van der Waals surface area contributed by atoms with E-state index in [4.69, 9.17) is 11.6 Å². The third kappa shape index (κ3) is 3.00. The van der Waals surface area contributed by atoms with Gasteiger partial charge in [0, 0.05) is 11.8 Å². The number of nitrogens with zero attached hydrogens (tertiary/aromatic N) is 1. The first-order valence-electron chi connectivity index (χ1n) is 6.93. The number of phenols is 1. The molecule has 2 N–H and O–H groups in total. The zero-order valence-electron chi connectivity index (χ0n) is 12.6. The Morgan fingerprint density at radius 3 is 2.67 bits per heavy atom. The zero-order chi connectivity index (χ0) is 17.5. The Bertz CT molecular complexity index is 1110. The van der Waals surface area contributed by atoms with E-state index >= 15 is 0 Å². The smallest absolute Gasteiger partial charge is 0.260 e. The molecule has 6 nitrogen and oxygen atoms in total. The van der Waals surface area contributed by atoms with Crippen LogP contribution >= 0.6 is 11.6 Å². The summed E-state index contributed by atoms with van der Waals surface area (Å²) >= 11 is 6.38. The molecule has 2 aromatic carbocycles. The summed E-state index contributed by atoms with van der Waals surface area (Å²) in [5.41, 5.74) is 1.05. The molecule has 24 heavy (non-hydrogen) atoms. The van der Waals surface area contributed by atoms with Crippen molar-refractivity contribution in [1.29, 1.82) is 0 Å². The molecule has 3 aromatic rings. The van der Waals surface area contributed by atoms with Crippen molar-refractivity contribution in [2.75, 3.05) is 6.26 Å². The van der Waals surface area contributed by atoms with Gasteiger partial charge in [-0.05, 0) is 17.2 Å². The van der Waals surface area contributed by atoms with Crippen molar-refractivity contribution in [3.63, 3.8) is 0 Å². The Morgan fingerprint density at radius 1 is 1.25 bits per heavy atom. The van der Waals surface area contributed by atoms with Crippen LogP contribution in [0.5, 0.6) is 5.75 Å². The summed E-state index contributed by atoms with van der Waals surface area (Å²) in [4.78, 5) is 18.4. The molecule has 1 aromatic heterocycles. The number of phenolic OH excluding ortho intramolecular Hbond substituents is 1. The molecule has 124 valence electrons. The molecule has 0 saturated heterocycles. The molecule has 0 aliphatic carbocycles. The van der Waals surface area contributed by atoms with Gasteiger partial charge in [0.15, 0.2) is 9.84 Å². The average Bonchev–Trinajstić information content (AvgIpc) is 2.50. The SMILES string of the molecule is CS(=O)(=O)Cc1ccccc1-c1cc(O)c2nc[nH]c(=O)c2c1Cl. The summed E-state index contributed by atoms with van der Waals surface area (Å²) in [5.74, 6) is -0.383. The van der Waals surface area contributed by atoms with Crippen molar-refractivity contribution in [2.45, 2.75) is 5.75 Å². The Balaban J connectivity index is 2.35. The number of rotatable bonds is 3. The highest BCUT2D eigenvalue weighted by Crippen LogP contribution is 2.38. The first kappa shape index (κ1) is 16.5. The van der Waals surface area contributed by atoms with Crippen LogP contribution in [0.4, 0.5) is 0 Å². The van der Waals surface area contributed by atoms with Crippen molar-refractivity contribution in [1.82, 2.24) is 9.97 Å². The maximum Gasteiger partial charge on any atom is 0.260 e. The summed E-state index contributed by atoms with van der Waals surface area (Å²) < 4.78 is 23.3. The topological polar surface area (TPSA) is 100 Å². The highest BCUT2D eigenvalue weighted by molar-refractivity contribution is 7.89. The van der Waals surface area contributed by atoms with Gasteiger partial charge in [0.2, 0.25) is 0 Å². The maximum atomic E-state index is 12.1. The Hall–Kier alpha value is -2.38. The molecule has 3 rings (SSSR count). The van der Waals surface area contributed by atoms with Crippen LogP contribution in [0.3, 0.4) is 0 Å². The van der Waals surface area contributed by atoms with Gasteiger partial charge in [-0.2, -0.15) is 0 Å². The Kier molecular flexibility index (Phi) is 4.06. The fourth-order valence-electron chi connectivity index (χ4n) is 2.59. The minimum atomic E-state index is -3.27. The van der Waals surface area contributed by atoms with Crippen molar-refractivity contribution >= 4 is 32.3 Å². The molecule has 0 amide bonds. The predicted octanol–water partition coefficient (Wildman–Crippen LogP) is 2.49. The van der Waals surface area contributed by atoms with Gasteiger partial charge >= 0.3 is 0 Å². The molecule has 1 heterocycles. The lowest BCUT2D eigenvalue weighted by atomic mass is 9.98. The van der Waals surface area contributed by atoms with Crippen LogP contribution in [-0.4, -0.2) is 29.7 Å². The largest absolute Gasteiger partial charge is 0.506 e. The van der Waals surface area contributed by atoms with E-state index < -0.39 is 15.4 Å². The number of hydrogen-bond donors (Lipinski definition) is 2. The second kappa shape index (κ2) is 5.92. The number of aromatic hydroxyl groups is 1. The Morgan fingerprint density at radius 2 is 1.96 bits per heavy atom. The minimum absolute atomic E-state index is 0.0586. The lowest BCUT2D eigenvalue weighted by Crippen LogP contribution is -2.08. The standard InChI is InChI=1S/C16H13ClN2O4S/c1-24(22,23)7-9-4-2-3-5-10(9)11-6-12(20)15-13(14(11)17)16(21)19-8-18-15/h2-6,8,20H,7H2,1H3,(H,18,19,21). The van der Waals surface area contributed by atoms with Gasteiger partial charge in [0.1, 0.15) is 11.3 Å². The second-order valence-electron chi connectivity index (χ2n) is 5.44. The highest BCUT2D eigenvalue weighted by atomic mass is 35.5. The second-order valence-corrected chi connectivity index (χ2v) is 7.96. The molecule has 0 atom stereocenters. The highest BCUT2D eigenvalue weighted by Gasteiger charge is 2.18. The van der Waals surface area contributed by atoms with E-state index in [1.54, 1.807) is 24.3 Å². The van der Waals surface area contributed by atoms with Crippen LogP contribution in [0, 0.1) is 0 Å². The molecule has 0 aliphatic heterocycles. The van der Waals surface area contributed by atoms with Crippen LogP contribution in [0.25, 0.3) is 22.0 Å². The summed E-state index contributed by atoms with van der Waals surface area (Å²) in [6.45, 7) is 0. The molecular weight excluding hydrogens is 352 g/mol. The quantitative estimate of drug-likeness (QED) is 0.743. The van der Waals surface area contributed by atoms with Crippen molar-refractivity contribution in [3.8, 4) is 16.9 Å². The maximum absolute atomic E-state index is 12.1. The van der Waals surface area contributed by atoms with Crippen LogP contribution in [0.15, 0.2) is 41.5 Å². The third-order valence-corrected chi connectivity index (χ3v) is 4.79. The van der Waals surface area contributed by atoms with Gasteiger partial charge in [-0.15, -0.1) is 0 Å². The molecule has 0 bridgehead atoms. The van der Waals surface area contributed by atoms with Crippen LogP contribution < -0.4 is 5.56 Å². The van der Waals surface area contributed by atoms with Gasteiger partial charge in [-0.25, -0.2) is 13.4 Å². The summed E-state index contributed by atoms with van der Waals surface area (Å²) in [6.07, 6.45) is 2.32. The van der Waals surface area contributed by atoms with E-state index in [0.717, 1.165) is 6.26 Å². The molecule has 8 heteroatoms. The van der Waals surface area contributed by atoms with E-state index in [2.05, 4.69) is 9.97 Å². The molecule has 0 fully saturated rings. The lowest BCUT2D eigenvalue weighted by Gasteiger charge is -2.12. The van der Waals surface area contributed by atoms with Crippen molar-refractivity contribution in [2.24, 2.45) is 0 Å². The predicted molar refractivity (Wildman–Crippen MR) is 93.0 cm³/mol. The monoisotopic (exact) mass is 364 g/mol. The number of aromatic nitrogens is 2. The van der Waals surface area contributed by atoms with Crippen LogP contribution in [0.2, 0.25) is 5.02 Å². The molecule has 0 unspecified atom stereocenters. The summed E-state index contributed by atoms with van der Waals surface area (Å²) in [7, 11) is -3.27. The number of hydrogen-bond acceptors (Lipinski definition) is 5. The van der Waals surface area contributed by atoms with Crippen LogP contribution in [-0.2, 0) is 15.6 Å². The van der Waals surface area contributed by atoms with E-state index in [-0.39, 0.29) is 27.4 Å². The molecule has 0 saturated carbocycles. The lowest BCUT2D eigenvalue weighted by molar-refractivity contribution is 0.480. The van der Waals surface area contributed by atoms with Gasteiger partial charge in [-0.1, -0.05) is 35.9 Å². The number of nitrogens with one attached hydrogen (secondary N) is 1. The number of H-pyrrole nitrogens is 1. The molecule has 0 spiro atoms. The number of sulfone groups is 1. The molecular formula is C16H13ClN2O4S. The van der Waals surface area contributed by atoms with Gasteiger partial charge in [-0.3, -0.25) is 4.79 Å². The number of fused-ring (bicyclic) bond motifs is 1. The first-order valence-corrected chi connectivity index (χ1v) is 9.36. The van der Waals surface area contributed by atoms with E-state index in [1.807, 2.05) is 0 Å². The number of benzene rings is 2. The third-order valence-electron chi connectivity index (χ3n) is 3.56. The fourth-order valence-corrected chi connectivity index (χ4v) is 3.74. The van der Waals surface area contributed by atoms with Gasteiger partial charge in [0.05, 0.1) is 22.5 Å². The minimum Gasteiger partial charge on any atom is -0.506 e. The normalized spacial score (nSPS) is 11.8. The summed E-state index contributed by atoms with van der Waals surface area (Å²) in [5, 5.41) is 10.4. The number of halogens is 1. The van der Waals surface area contributed by atoms with E-state index in [0.29, 0.717) is 16.7 Å². The Labute approximate surface area is 142 Å². The van der Waals surface area contributed by atoms with E-state index in [9.17, 15) is 18.3 Å². The first-order chi connectivity index (χ1) is 11.3. The van der Waals surface area contributed by atoms with Crippen LogP contribution in [0.1, 0.15) is 5.56 Å². The zero-order valence-corrected chi connectivity index (χ0v) is 14.1. The van der Waals surface area contributed by atoms with Gasteiger partial charge in [0.25, 0.3) is 5.56 Å². The van der Waals surface area contributed by atoms with Gasteiger partial charge < -0.3 is 10.1 Å². The van der Waals surface area contributed by atoms with Crippen molar-refractivity contribution < 1.29 is 13.5 Å². The number of aromatic amines is 1. The van der Waals surface area contributed by atoms with Crippen molar-refractivity contribution in [3.05, 3.63) is 57.6 Å².